The van der Waals surface area contributed by atoms with Gasteiger partial charge in [0.1, 0.15) is 5.76 Å². The number of methoxy groups -OCH3 is 1. The smallest absolute Gasteiger partial charge is 0.306 e. The van der Waals surface area contributed by atoms with Crippen molar-refractivity contribution in [2.45, 2.75) is 18.9 Å². The molecule has 0 spiro atoms. The van der Waals surface area contributed by atoms with Gasteiger partial charge in [-0.3, -0.25) is 14.5 Å². The molecule has 160 valence electrons. The van der Waals surface area contributed by atoms with Crippen LogP contribution < -0.4 is 14.9 Å². The van der Waals surface area contributed by atoms with E-state index in [9.17, 15) is 14.7 Å². The maximum absolute atomic E-state index is 12.5. The molecule has 4 rings (SSSR count). The fourth-order valence-corrected chi connectivity index (χ4v) is 3.59. The first-order chi connectivity index (χ1) is 14.5. The van der Waals surface area contributed by atoms with Crippen molar-refractivity contribution in [1.82, 2.24) is 4.90 Å². The normalized spacial score (nSPS) is 17.0. The molecule has 0 bridgehead atoms. The van der Waals surface area contributed by atoms with Gasteiger partial charge in [-0.15, -0.1) is 0 Å². The van der Waals surface area contributed by atoms with Gasteiger partial charge in [-0.25, -0.2) is 0 Å². The third-order valence-electron chi connectivity index (χ3n) is 5.20. The molecule has 9 nitrogen and oxygen atoms in total. The Bertz CT molecular complexity index is 979. The Kier molecular flexibility index (Phi) is 5.91. The second-order valence-electron chi connectivity index (χ2n) is 7.12. The zero-order valence-electron chi connectivity index (χ0n) is 16.6. The molecule has 1 fully saturated rings. The number of morpholine rings is 1. The summed E-state index contributed by atoms with van der Waals surface area (Å²) < 4.78 is 26.9. The average molecular weight is 417 g/mol. The highest BCUT2D eigenvalue weighted by Crippen LogP contribution is 2.39. The summed E-state index contributed by atoms with van der Waals surface area (Å²) in [6.07, 6.45) is -0.117. The zero-order valence-corrected chi connectivity index (χ0v) is 16.6. The van der Waals surface area contributed by atoms with Crippen LogP contribution in [0.5, 0.6) is 17.2 Å². The number of aromatic hydroxyl groups is 1. The summed E-state index contributed by atoms with van der Waals surface area (Å²) >= 11 is 0. The van der Waals surface area contributed by atoms with Crippen LogP contribution in [0, 0.1) is 0 Å². The van der Waals surface area contributed by atoms with Crippen LogP contribution in [-0.2, 0) is 20.8 Å². The minimum atomic E-state index is -0.732. The lowest BCUT2D eigenvalue weighted by Gasteiger charge is -2.26. The molecule has 0 saturated carbocycles. The predicted molar refractivity (Wildman–Crippen MR) is 104 cm³/mol. The second kappa shape index (κ2) is 8.76. The highest BCUT2D eigenvalue weighted by molar-refractivity contribution is 5.71. The molecule has 9 heteroatoms. The lowest BCUT2D eigenvalue weighted by Crippen LogP contribution is -2.35. The van der Waals surface area contributed by atoms with E-state index in [0.717, 1.165) is 0 Å². The van der Waals surface area contributed by atoms with Gasteiger partial charge in [-0.1, -0.05) is 6.07 Å². The third-order valence-corrected chi connectivity index (χ3v) is 5.20. The first kappa shape index (κ1) is 20.2. The summed E-state index contributed by atoms with van der Waals surface area (Å²) in [7, 11) is 1.28. The van der Waals surface area contributed by atoms with Crippen LogP contribution in [0.15, 0.2) is 33.5 Å². The van der Waals surface area contributed by atoms with Crippen LogP contribution in [0.1, 0.15) is 29.4 Å². The third kappa shape index (κ3) is 4.27. The Labute approximate surface area is 172 Å². The van der Waals surface area contributed by atoms with E-state index in [1.165, 1.54) is 13.2 Å². The monoisotopic (exact) mass is 417 g/mol. The molecule has 1 atom stereocenters. The summed E-state index contributed by atoms with van der Waals surface area (Å²) in [6, 6.07) is 6.46. The Morgan fingerprint density at radius 1 is 1.20 bits per heavy atom. The SMILES string of the molecule is COC(=O)C[C@H](c1ccc2c(c1)OCO2)c1oc(CN2CCOCC2)cc(=O)c1O. The summed E-state index contributed by atoms with van der Waals surface area (Å²) in [5.74, 6) is -0.216. The summed E-state index contributed by atoms with van der Waals surface area (Å²) in [6.45, 7) is 3.16. The van der Waals surface area contributed by atoms with Crippen molar-refractivity contribution in [2.75, 3.05) is 40.2 Å². The summed E-state index contributed by atoms with van der Waals surface area (Å²) in [5, 5.41) is 10.5. The number of nitrogens with zero attached hydrogens (tertiary/aromatic N) is 1. The summed E-state index contributed by atoms with van der Waals surface area (Å²) in [4.78, 5) is 26.7. The largest absolute Gasteiger partial charge is 0.502 e. The number of ether oxygens (including phenoxy) is 4. The minimum absolute atomic E-state index is 0.0232. The van der Waals surface area contributed by atoms with Gasteiger partial charge in [0.05, 0.1) is 39.2 Å². The molecule has 1 saturated heterocycles. The molecule has 1 aromatic heterocycles. The van der Waals surface area contributed by atoms with Gasteiger partial charge in [-0.05, 0) is 17.7 Å². The predicted octanol–water partition coefficient (Wildman–Crippen LogP) is 1.60. The number of carbonyl (C=O) groups excluding carboxylic acids is 1. The van der Waals surface area contributed by atoms with E-state index < -0.39 is 23.1 Å². The maximum Gasteiger partial charge on any atom is 0.306 e. The van der Waals surface area contributed by atoms with Gasteiger partial charge < -0.3 is 28.5 Å². The van der Waals surface area contributed by atoms with Crippen molar-refractivity contribution in [3.8, 4) is 17.2 Å². The van der Waals surface area contributed by atoms with Crippen molar-refractivity contribution >= 4 is 5.97 Å². The van der Waals surface area contributed by atoms with Crippen molar-refractivity contribution < 1.29 is 33.3 Å². The van der Waals surface area contributed by atoms with Gasteiger partial charge in [0.15, 0.2) is 17.3 Å². The van der Waals surface area contributed by atoms with Gasteiger partial charge in [0.2, 0.25) is 18.0 Å². The molecule has 3 heterocycles. The van der Waals surface area contributed by atoms with Crippen LogP contribution in [0.25, 0.3) is 0 Å². The van der Waals surface area contributed by atoms with Crippen LogP contribution in [0.2, 0.25) is 0 Å². The first-order valence-electron chi connectivity index (χ1n) is 9.67. The van der Waals surface area contributed by atoms with Crippen LogP contribution in [0.3, 0.4) is 0 Å². The average Bonchev–Trinajstić information content (AvgIpc) is 3.23. The fraction of sp³-hybridized carbons (Fsp3) is 0.429. The highest BCUT2D eigenvalue weighted by atomic mass is 16.7. The zero-order chi connectivity index (χ0) is 21.1. The number of hydrogen-bond donors (Lipinski definition) is 1. The lowest BCUT2D eigenvalue weighted by molar-refractivity contribution is -0.140. The maximum atomic E-state index is 12.5. The summed E-state index contributed by atoms with van der Waals surface area (Å²) in [5.41, 5.74) is 0.0711. The Morgan fingerprint density at radius 2 is 1.97 bits per heavy atom. The van der Waals surface area contributed by atoms with Crippen LogP contribution in [-0.4, -0.2) is 56.2 Å². The van der Waals surface area contributed by atoms with Crippen LogP contribution in [0.4, 0.5) is 0 Å². The second-order valence-corrected chi connectivity index (χ2v) is 7.12. The van der Waals surface area contributed by atoms with E-state index in [0.29, 0.717) is 55.7 Å². The molecule has 0 radical (unpaired) electrons. The molecule has 0 aliphatic carbocycles. The Hall–Kier alpha value is -3.04. The van der Waals surface area contributed by atoms with Crippen molar-refractivity contribution in [3.05, 3.63) is 51.6 Å². The number of rotatable bonds is 6. The molecule has 0 amide bonds. The Balaban J connectivity index is 1.71. The van der Waals surface area contributed by atoms with Crippen LogP contribution >= 0.6 is 0 Å². The molecule has 2 aliphatic rings. The van der Waals surface area contributed by atoms with Gasteiger partial charge in [-0.2, -0.15) is 0 Å². The van der Waals surface area contributed by atoms with Gasteiger partial charge in [0.25, 0.3) is 0 Å². The standard InChI is InChI=1S/C21H23NO8/c1-26-19(24)10-15(13-2-3-17-18(8-13)29-12-28-17)21-20(25)16(23)9-14(30-21)11-22-4-6-27-7-5-22/h2-3,8-9,15,25H,4-7,10-12H2,1H3/t15-/m1/s1. The number of esters is 1. The van der Waals surface area contributed by atoms with E-state index >= 15 is 0 Å². The van der Waals surface area contributed by atoms with E-state index in [-0.39, 0.29) is 19.0 Å². The van der Waals surface area contributed by atoms with E-state index in [1.807, 2.05) is 0 Å². The fourth-order valence-electron chi connectivity index (χ4n) is 3.59. The molecule has 2 aliphatic heterocycles. The van der Waals surface area contributed by atoms with E-state index in [1.54, 1.807) is 18.2 Å². The molecular weight excluding hydrogens is 394 g/mol. The van der Waals surface area contributed by atoms with Crippen molar-refractivity contribution in [2.24, 2.45) is 0 Å². The first-order valence-corrected chi connectivity index (χ1v) is 9.67. The highest BCUT2D eigenvalue weighted by Gasteiger charge is 2.28. The number of hydrogen-bond acceptors (Lipinski definition) is 9. The van der Waals surface area contributed by atoms with Crippen molar-refractivity contribution in [1.29, 1.82) is 0 Å². The number of fused-ring (bicyclic) bond motifs is 1. The number of benzene rings is 1. The van der Waals surface area contributed by atoms with E-state index in [2.05, 4.69) is 4.90 Å². The topological polar surface area (TPSA) is 108 Å². The molecule has 30 heavy (non-hydrogen) atoms. The van der Waals surface area contributed by atoms with Gasteiger partial charge >= 0.3 is 5.97 Å². The van der Waals surface area contributed by atoms with E-state index in [4.69, 9.17) is 23.4 Å². The molecule has 1 aromatic carbocycles. The Morgan fingerprint density at radius 3 is 2.73 bits per heavy atom. The van der Waals surface area contributed by atoms with Crippen molar-refractivity contribution in [3.63, 3.8) is 0 Å². The van der Waals surface area contributed by atoms with Gasteiger partial charge in [0, 0.05) is 19.2 Å². The molecular formula is C21H23NO8. The molecule has 1 N–H and O–H groups in total. The lowest BCUT2D eigenvalue weighted by atomic mass is 9.92. The number of carbonyl (C=O) groups is 1. The minimum Gasteiger partial charge on any atom is -0.502 e. The molecule has 0 unspecified atom stereocenters. The quantitative estimate of drug-likeness (QED) is 0.701. The molecule has 2 aromatic rings.